The first kappa shape index (κ1) is 29.3. The Balaban J connectivity index is 1.03. The third-order valence-electron chi connectivity index (χ3n) is 14.0. The van der Waals surface area contributed by atoms with E-state index in [1.165, 1.54) is 85.7 Å². The fourth-order valence-electron chi connectivity index (χ4n) is 12.5. The molecule has 0 aromatic heterocycles. The molecule has 0 spiro atoms. The highest BCUT2D eigenvalue weighted by molar-refractivity contribution is 7.52. The average molecular weight is 721 g/mol. The van der Waals surface area contributed by atoms with Crippen molar-refractivity contribution in [2.24, 2.45) is 0 Å². The normalized spacial score (nSPS) is 29.3. The van der Waals surface area contributed by atoms with Gasteiger partial charge >= 0.3 is 15.2 Å². The number of allylic oxidation sites excluding steroid dienone is 1. The van der Waals surface area contributed by atoms with Crippen molar-refractivity contribution in [3.05, 3.63) is 168 Å². The molecule has 0 heterocycles. The second kappa shape index (κ2) is 9.12. The molecule has 5 aromatic rings. The zero-order valence-corrected chi connectivity index (χ0v) is 30.4. The molecule has 13 rings (SSSR count). The van der Waals surface area contributed by atoms with E-state index in [-0.39, 0.29) is 29.6 Å². The van der Waals surface area contributed by atoms with Crippen molar-refractivity contribution in [3.8, 4) is 11.5 Å². The first-order chi connectivity index (χ1) is 25.0. The fraction of sp³-hybridized carbons (Fsp3) is 0.273. The largest absolute Gasteiger partial charge is 0.424 e. The molecule has 256 valence electrons. The van der Waals surface area contributed by atoms with Crippen LogP contribution in [-0.4, -0.2) is 23.1 Å². The molecule has 8 aliphatic carbocycles. The Kier molecular flexibility index (Phi) is 5.14. The second-order valence-corrected chi connectivity index (χ2v) is 20.2. The van der Waals surface area contributed by atoms with Crippen molar-refractivity contribution in [2.75, 3.05) is 13.3 Å². The molecule has 0 radical (unpaired) electrons. The highest BCUT2D eigenvalue weighted by atomic mass is 31.2. The topological polar surface area (TPSA) is 93.1 Å². The van der Waals surface area contributed by atoms with Gasteiger partial charge in [-0.25, -0.2) is 9.13 Å². The Morgan fingerprint density at radius 2 is 0.904 bits per heavy atom. The SMILES string of the molecule is CP(=O)(O)Oc1c2c(c(OP(C)(=O)O)c3c1[C@H]1C[C@@H]3c3cc4c(cc31)[C@H]1C=C4c3ccccc31)[C@H]1C[C@@H]2c2cc3c(cc21)[C@H]1C[C@@H]3c2ccccc21. The number of fused-ring (bicyclic) bond motifs is 31. The van der Waals surface area contributed by atoms with Crippen LogP contribution in [0.3, 0.4) is 0 Å². The number of hydrogen-bond donors (Lipinski definition) is 2. The molecule has 8 heteroatoms. The molecule has 5 aromatic carbocycles. The first-order valence-electron chi connectivity index (χ1n) is 18.5. The standard InChI is InChI=1S/C44H34O6P2/c1-51(45,46)49-43-39-35-17-37(33-15-29-25-11-23(27(29)13-31(33)35)19-7-3-5-9-21(19)25)41(39)44(50-52(2,47)48)42-38-18-36(40(42)43)32-14-28-24-12-26(30(28)16-34(32)38)22-10-6-4-8-20(22)24/h3-11,13-16,23-24,26,35-38H,12,17-18H2,1-2H3,(H,45,46)(H,47,48)/t23-,24+,26-,35-,36+,37+,38-/m0/s1. The first-order valence-corrected chi connectivity index (χ1v) is 22.6. The zero-order chi connectivity index (χ0) is 34.7. The molecular formula is C44H34O6P2. The Hall–Kier alpha value is -4.18. The van der Waals surface area contributed by atoms with E-state index in [9.17, 15) is 18.9 Å². The van der Waals surface area contributed by atoms with E-state index < -0.39 is 15.2 Å². The van der Waals surface area contributed by atoms with Gasteiger partial charge in [-0.3, -0.25) is 0 Å². The summed E-state index contributed by atoms with van der Waals surface area (Å²) in [7, 11) is -7.98. The lowest BCUT2D eigenvalue weighted by atomic mass is 9.74. The molecule has 52 heavy (non-hydrogen) atoms. The molecule has 2 unspecified atom stereocenters. The second-order valence-electron chi connectivity index (χ2n) is 16.6. The van der Waals surface area contributed by atoms with Crippen molar-refractivity contribution in [1.82, 2.24) is 0 Å². The number of hydrogen-bond acceptors (Lipinski definition) is 4. The van der Waals surface area contributed by atoms with Crippen molar-refractivity contribution in [3.63, 3.8) is 0 Å². The summed E-state index contributed by atoms with van der Waals surface area (Å²) < 4.78 is 39.2. The summed E-state index contributed by atoms with van der Waals surface area (Å²) in [4.78, 5) is 21.8. The van der Waals surface area contributed by atoms with Gasteiger partial charge in [0.05, 0.1) is 0 Å². The lowest BCUT2D eigenvalue weighted by molar-refractivity contribution is 0.376. The van der Waals surface area contributed by atoms with E-state index in [0.717, 1.165) is 41.5 Å². The van der Waals surface area contributed by atoms with Crippen LogP contribution in [0.2, 0.25) is 0 Å². The maximum Gasteiger partial charge on any atom is 0.373 e. The van der Waals surface area contributed by atoms with Crippen LogP contribution in [-0.2, 0) is 9.13 Å². The minimum atomic E-state index is -3.99. The molecular weight excluding hydrogens is 686 g/mol. The van der Waals surface area contributed by atoms with Crippen molar-refractivity contribution < 1.29 is 28.0 Å². The molecule has 0 saturated carbocycles. The Bertz CT molecular complexity index is 2710. The van der Waals surface area contributed by atoms with Crippen LogP contribution in [0.15, 0.2) is 78.9 Å². The summed E-state index contributed by atoms with van der Waals surface area (Å²) in [5, 5.41) is 0. The van der Waals surface area contributed by atoms with Crippen LogP contribution in [0.1, 0.15) is 150 Å². The highest BCUT2D eigenvalue weighted by Gasteiger charge is 2.55. The van der Waals surface area contributed by atoms with Gasteiger partial charge in [-0.15, -0.1) is 0 Å². The molecule has 0 aliphatic heterocycles. The summed E-state index contributed by atoms with van der Waals surface area (Å²) in [5.41, 5.74) is 20.7. The van der Waals surface area contributed by atoms with Crippen LogP contribution in [0, 0.1) is 0 Å². The van der Waals surface area contributed by atoms with Gasteiger partial charge in [-0.1, -0.05) is 72.8 Å². The molecule has 9 atom stereocenters. The maximum atomic E-state index is 13.3. The summed E-state index contributed by atoms with van der Waals surface area (Å²) >= 11 is 0. The smallest absolute Gasteiger partial charge is 0.373 e. The minimum absolute atomic E-state index is 0.0596. The quantitative estimate of drug-likeness (QED) is 0.180. The van der Waals surface area contributed by atoms with Gasteiger partial charge in [-0.05, 0) is 97.7 Å². The molecule has 0 amide bonds. The predicted molar refractivity (Wildman–Crippen MR) is 199 cm³/mol. The van der Waals surface area contributed by atoms with Crippen LogP contribution < -0.4 is 9.05 Å². The van der Waals surface area contributed by atoms with Crippen LogP contribution in [0.25, 0.3) is 5.57 Å². The number of benzene rings is 5. The van der Waals surface area contributed by atoms with Gasteiger partial charge in [0.2, 0.25) is 0 Å². The van der Waals surface area contributed by atoms with E-state index in [4.69, 9.17) is 9.05 Å². The predicted octanol–water partition coefficient (Wildman–Crippen LogP) is 9.91. The van der Waals surface area contributed by atoms with Gasteiger partial charge in [0.25, 0.3) is 0 Å². The maximum absolute atomic E-state index is 13.3. The van der Waals surface area contributed by atoms with Crippen LogP contribution >= 0.6 is 15.2 Å². The molecule has 0 saturated heterocycles. The lowest BCUT2D eigenvalue weighted by Crippen LogP contribution is -2.16. The third-order valence-corrected chi connectivity index (χ3v) is 15.0. The van der Waals surface area contributed by atoms with Gasteiger partial charge in [0.1, 0.15) is 11.5 Å². The molecule has 0 fully saturated rings. The summed E-state index contributed by atoms with van der Waals surface area (Å²) in [6.07, 6.45) is 5.04. The molecule has 8 bridgehead atoms. The summed E-state index contributed by atoms with van der Waals surface area (Å²) in [6.45, 7) is 2.53. The molecule has 6 nitrogen and oxygen atoms in total. The van der Waals surface area contributed by atoms with Gasteiger partial charge in [0.15, 0.2) is 0 Å². The van der Waals surface area contributed by atoms with Crippen molar-refractivity contribution in [1.29, 1.82) is 0 Å². The Labute approximate surface area is 301 Å². The summed E-state index contributed by atoms with van der Waals surface area (Å²) in [5.74, 6) is 1.73. The van der Waals surface area contributed by atoms with Crippen LogP contribution in [0.5, 0.6) is 11.5 Å². The zero-order valence-electron chi connectivity index (χ0n) is 28.6. The van der Waals surface area contributed by atoms with E-state index in [1.54, 1.807) is 0 Å². The van der Waals surface area contributed by atoms with E-state index >= 15 is 0 Å². The van der Waals surface area contributed by atoms with Crippen molar-refractivity contribution in [2.45, 2.75) is 60.7 Å². The lowest BCUT2D eigenvalue weighted by Gasteiger charge is -2.33. The van der Waals surface area contributed by atoms with E-state index in [1.807, 2.05) is 0 Å². The highest BCUT2D eigenvalue weighted by Crippen LogP contribution is 2.72. The third kappa shape index (κ3) is 3.43. The van der Waals surface area contributed by atoms with Crippen LogP contribution in [0.4, 0.5) is 0 Å². The molecule has 8 aliphatic rings. The molecule has 2 N–H and O–H groups in total. The summed E-state index contributed by atoms with van der Waals surface area (Å²) in [6, 6.07) is 27.1. The number of rotatable bonds is 4. The van der Waals surface area contributed by atoms with Gasteiger partial charge in [-0.2, -0.15) is 0 Å². The minimum Gasteiger partial charge on any atom is -0.424 e. The van der Waals surface area contributed by atoms with E-state index in [2.05, 4.69) is 78.9 Å². The van der Waals surface area contributed by atoms with Crippen molar-refractivity contribution >= 4 is 20.8 Å². The Morgan fingerprint density at radius 1 is 0.500 bits per heavy atom. The Morgan fingerprint density at radius 3 is 1.40 bits per heavy atom. The average Bonchev–Trinajstić information content (AvgIpc) is 3.98. The fourth-order valence-corrected chi connectivity index (χ4v) is 13.5. The van der Waals surface area contributed by atoms with Gasteiger partial charge in [0, 0.05) is 77.0 Å². The monoisotopic (exact) mass is 720 g/mol. The van der Waals surface area contributed by atoms with E-state index in [0.29, 0.717) is 23.3 Å². The van der Waals surface area contributed by atoms with Gasteiger partial charge < -0.3 is 18.8 Å².